The van der Waals surface area contributed by atoms with E-state index in [1.165, 1.54) is 5.56 Å². The molecule has 1 aliphatic heterocycles. The average Bonchev–Trinajstić information content (AvgIpc) is 2.74. The van der Waals surface area contributed by atoms with E-state index in [1.54, 1.807) is 26.8 Å². The zero-order chi connectivity index (χ0) is 17.9. The third kappa shape index (κ3) is 4.71. The number of carbonyl (C=O) groups is 3. The van der Waals surface area contributed by atoms with Gasteiger partial charge in [-0.05, 0) is 56.2 Å². The molecule has 1 aromatic carbocycles. The lowest BCUT2D eigenvalue weighted by molar-refractivity contribution is -0.156. The second-order valence-electron chi connectivity index (χ2n) is 6.45. The van der Waals surface area contributed by atoms with Crippen LogP contribution in [0.25, 0.3) is 6.08 Å². The number of benzene rings is 1. The molecule has 1 aliphatic rings. The molecule has 6 heteroatoms. The second kappa shape index (κ2) is 7.21. The number of hydrogen-bond acceptors (Lipinski definition) is 5. The monoisotopic (exact) mass is 347 g/mol. The quantitative estimate of drug-likeness (QED) is 0.615. The van der Waals surface area contributed by atoms with Gasteiger partial charge in [-0.25, -0.2) is 0 Å². The first-order chi connectivity index (χ1) is 11.2. The van der Waals surface area contributed by atoms with E-state index in [0.717, 1.165) is 28.6 Å². The molecule has 1 fully saturated rings. The molecule has 5 nitrogen and oxygen atoms in total. The summed E-state index contributed by atoms with van der Waals surface area (Å²) in [4.78, 5) is 37.4. The largest absolute Gasteiger partial charge is 0.459 e. The number of nitrogens with zero attached hydrogens (tertiary/aromatic N) is 1. The van der Waals surface area contributed by atoms with Crippen molar-refractivity contribution in [3.8, 4) is 0 Å². The summed E-state index contributed by atoms with van der Waals surface area (Å²) in [6, 6.07) is 7.77. The van der Waals surface area contributed by atoms with Crippen LogP contribution in [0.4, 0.5) is 4.79 Å². The first-order valence-electron chi connectivity index (χ1n) is 7.76. The predicted molar refractivity (Wildman–Crippen MR) is 94.3 cm³/mol. The van der Waals surface area contributed by atoms with Crippen molar-refractivity contribution in [2.24, 2.45) is 0 Å². The molecule has 0 spiro atoms. The fraction of sp³-hybridized carbons (Fsp3) is 0.389. The molecular weight excluding hydrogens is 326 g/mol. The van der Waals surface area contributed by atoms with Gasteiger partial charge in [-0.1, -0.05) is 31.2 Å². The molecule has 0 atom stereocenters. The Labute approximate surface area is 146 Å². The van der Waals surface area contributed by atoms with Crippen molar-refractivity contribution in [3.05, 3.63) is 40.3 Å². The summed E-state index contributed by atoms with van der Waals surface area (Å²) >= 11 is 0.837. The van der Waals surface area contributed by atoms with E-state index in [-0.39, 0.29) is 6.54 Å². The Bertz CT molecular complexity index is 686. The number of aryl methyl sites for hydroxylation is 1. The Kier molecular flexibility index (Phi) is 5.49. The molecule has 0 radical (unpaired) electrons. The van der Waals surface area contributed by atoms with Gasteiger partial charge in [-0.2, -0.15) is 0 Å². The SMILES string of the molecule is CCc1ccc(C=C2SC(=O)N(CC(=O)OC(C)(C)C)C2=O)cc1. The molecule has 0 N–H and O–H groups in total. The van der Waals surface area contributed by atoms with Crippen LogP contribution in [0.5, 0.6) is 0 Å². The molecule has 1 heterocycles. The third-order valence-electron chi connectivity index (χ3n) is 3.27. The van der Waals surface area contributed by atoms with Crippen molar-refractivity contribution in [3.63, 3.8) is 0 Å². The van der Waals surface area contributed by atoms with Crippen LogP contribution in [0.1, 0.15) is 38.8 Å². The van der Waals surface area contributed by atoms with Crippen molar-refractivity contribution < 1.29 is 19.1 Å². The highest BCUT2D eigenvalue weighted by Crippen LogP contribution is 2.32. The number of hydrogen-bond donors (Lipinski definition) is 0. The maximum atomic E-state index is 12.4. The molecule has 1 aromatic rings. The summed E-state index contributed by atoms with van der Waals surface area (Å²) in [5.74, 6) is -1.06. The minimum absolute atomic E-state index is 0.313. The lowest BCUT2D eigenvalue weighted by atomic mass is 10.1. The minimum atomic E-state index is -0.657. The standard InChI is InChI=1S/C18H21NO4S/c1-5-12-6-8-13(9-7-12)10-14-16(21)19(17(22)24-14)11-15(20)23-18(2,3)4/h6-10H,5,11H2,1-4H3. The fourth-order valence-electron chi connectivity index (χ4n) is 2.14. The Hall–Kier alpha value is -2.08. The van der Waals surface area contributed by atoms with Crippen LogP contribution < -0.4 is 0 Å². The molecule has 0 unspecified atom stereocenters. The maximum Gasteiger partial charge on any atom is 0.326 e. The van der Waals surface area contributed by atoms with E-state index in [1.807, 2.05) is 24.3 Å². The summed E-state index contributed by atoms with van der Waals surface area (Å²) in [5, 5.41) is -0.456. The molecule has 128 valence electrons. The third-order valence-corrected chi connectivity index (χ3v) is 4.17. The average molecular weight is 347 g/mol. The lowest BCUT2D eigenvalue weighted by Crippen LogP contribution is -2.37. The van der Waals surface area contributed by atoms with Gasteiger partial charge in [0.05, 0.1) is 4.91 Å². The van der Waals surface area contributed by atoms with Crippen LogP contribution in [-0.2, 0) is 20.7 Å². The smallest absolute Gasteiger partial charge is 0.326 e. The fourth-order valence-corrected chi connectivity index (χ4v) is 2.98. The number of ether oxygens (including phenoxy) is 1. The van der Waals surface area contributed by atoms with Crippen LogP contribution in [0, 0.1) is 0 Å². The summed E-state index contributed by atoms with van der Waals surface area (Å²) in [6.07, 6.45) is 2.60. The van der Waals surface area contributed by atoms with Gasteiger partial charge in [0.1, 0.15) is 12.1 Å². The van der Waals surface area contributed by atoms with E-state index < -0.39 is 22.7 Å². The van der Waals surface area contributed by atoms with Crippen molar-refractivity contribution >= 4 is 35.0 Å². The number of esters is 1. The summed E-state index contributed by atoms with van der Waals surface area (Å²) in [6.45, 7) is 6.90. The van der Waals surface area contributed by atoms with Crippen LogP contribution >= 0.6 is 11.8 Å². The molecule has 0 aliphatic carbocycles. The Morgan fingerprint density at radius 1 is 1.21 bits per heavy atom. The summed E-state index contributed by atoms with van der Waals surface area (Å²) in [5.41, 5.74) is 1.38. The molecular formula is C18H21NO4S. The van der Waals surface area contributed by atoms with Crippen LogP contribution in [0.3, 0.4) is 0 Å². The predicted octanol–water partition coefficient (Wildman–Crippen LogP) is 3.63. The van der Waals surface area contributed by atoms with Crippen molar-refractivity contribution in [1.82, 2.24) is 4.90 Å². The lowest BCUT2D eigenvalue weighted by Gasteiger charge is -2.21. The zero-order valence-corrected chi connectivity index (χ0v) is 15.1. The number of imide groups is 1. The van der Waals surface area contributed by atoms with Crippen molar-refractivity contribution in [2.75, 3.05) is 6.54 Å². The highest BCUT2D eigenvalue weighted by molar-refractivity contribution is 8.18. The normalized spacial score (nSPS) is 16.8. The molecule has 0 aromatic heterocycles. The van der Waals surface area contributed by atoms with Gasteiger partial charge < -0.3 is 4.74 Å². The van der Waals surface area contributed by atoms with E-state index in [4.69, 9.17) is 4.74 Å². The highest BCUT2D eigenvalue weighted by Gasteiger charge is 2.37. The highest BCUT2D eigenvalue weighted by atomic mass is 32.2. The van der Waals surface area contributed by atoms with E-state index in [0.29, 0.717) is 4.91 Å². The summed E-state index contributed by atoms with van der Waals surface area (Å²) < 4.78 is 5.16. The van der Waals surface area contributed by atoms with E-state index >= 15 is 0 Å². The first-order valence-corrected chi connectivity index (χ1v) is 8.57. The van der Waals surface area contributed by atoms with Gasteiger partial charge in [0.25, 0.3) is 11.1 Å². The Balaban J connectivity index is 2.10. The number of amides is 2. The number of rotatable bonds is 4. The Morgan fingerprint density at radius 3 is 2.38 bits per heavy atom. The molecule has 24 heavy (non-hydrogen) atoms. The van der Waals surface area contributed by atoms with E-state index in [9.17, 15) is 14.4 Å². The Morgan fingerprint density at radius 2 is 1.83 bits per heavy atom. The van der Waals surface area contributed by atoms with Crippen LogP contribution in [0.15, 0.2) is 29.2 Å². The number of carbonyl (C=O) groups excluding carboxylic acids is 3. The van der Waals surface area contributed by atoms with Gasteiger partial charge in [0.15, 0.2) is 0 Å². The first kappa shape index (κ1) is 18.3. The molecule has 2 rings (SSSR count). The zero-order valence-electron chi connectivity index (χ0n) is 14.3. The van der Waals surface area contributed by atoms with Crippen molar-refractivity contribution in [2.45, 2.75) is 39.7 Å². The van der Waals surface area contributed by atoms with Crippen LogP contribution in [0.2, 0.25) is 0 Å². The molecule has 2 amide bonds. The summed E-state index contributed by atoms with van der Waals surface area (Å²) in [7, 11) is 0. The van der Waals surface area contributed by atoms with Gasteiger partial charge in [0, 0.05) is 0 Å². The van der Waals surface area contributed by atoms with Gasteiger partial charge in [-0.3, -0.25) is 19.3 Å². The van der Waals surface area contributed by atoms with Crippen molar-refractivity contribution in [1.29, 1.82) is 0 Å². The van der Waals surface area contributed by atoms with Crippen LogP contribution in [-0.4, -0.2) is 34.2 Å². The van der Waals surface area contributed by atoms with Gasteiger partial charge in [0.2, 0.25) is 0 Å². The number of thioether (sulfide) groups is 1. The topological polar surface area (TPSA) is 63.7 Å². The van der Waals surface area contributed by atoms with E-state index in [2.05, 4.69) is 6.92 Å². The minimum Gasteiger partial charge on any atom is -0.459 e. The molecule has 0 bridgehead atoms. The molecule has 0 saturated carbocycles. The maximum absolute atomic E-state index is 12.4. The molecule has 1 saturated heterocycles. The van der Waals surface area contributed by atoms with Gasteiger partial charge in [-0.15, -0.1) is 0 Å². The second-order valence-corrected chi connectivity index (χ2v) is 7.44. The van der Waals surface area contributed by atoms with Gasteiger partial charge >= 0.3 is 5.97 Å².